The molecule has 4 rings (SSSR count). The minimum atomic E-state index is -3.38. The van der Waals surface area contributed by atoms with Crippen LogP contribution in [-0.2, 0) is 32.5 Å². The Balaban J connectivity index is 1.44. The summed E-state index contributed by atoms with van der Waals surface area (Å²) in [7, 11) is -1.75. The standard InChI is InChI=1S/C21H34N4O4S/c1-29-11-10-25-19(12-22-21(25)30(27,28)16-17-6-7-17)15-23-8-2-4-18(13-23)14-24-9-3-5-20(24)26/h12,17-18H,2-11,13-16H2,1H3. The molecule has 2 aliphatic heterocycles. The van der Waals surface area contributed by atoms with E-state index in [1.54, 1.807) is 13.3 Å². The third-order valence-corrected chi connectivity index (χ3v) is 8.28. The van der Waals surface area contributed by atoms with Gasteiger partial charge in [0.15, 0.2) is 0 Å². The van der Waals surface area contributed by atoms with E-state index in [2.05, 4.69) is 9.88 Å². The van der Waals surface area contributed by atoms with Gasteiger partial charge in [0.2, 0.25) is 20.9 Å². The summed E-state index contributed by atoms with van der Waals surface area (Å²) in [5.74, 6) is 1.26. The molecular weight excluding hydrogens is 404 g/mol. The van der Waals surface area contributed by atoms with Crippen LogP contribution in [0.1, 0.15) is 44.2 Å². The predicted molar refractivity (Wildman–Crippen MR) is 113 cm³/mol. The first-order chi connectivity index (χ1) is 14.5. The Bertz CT molecular complexity index is 849. The fourth-order valence-corrected chi connectivity index (χ4v) is 6.60. The van der Waals surface area contributed by atoms with Gasteiger partial charge in [-0.15, -0.1) is 0 Å². The maximum Gasteiger partial charge on any atom is 0.227 e. The van der Waals surface area contributed by atoms with Gasteiger partial charge in [-0.2, -0.15) is 0 Å². The van der Waals surface area contributed by atoms with E-state index in [9.17, 15) is 13.2 Å². The summed E-state index contributed by atoms with van der Waals surface area (Å²) in [4.78, 5) is 20.7. The van der Waals surface area contributed by atoms with Crippen LogP contribution in [0.5, 0.6) is 0 Å². The molecule has 0 radical (unpaired) electrons. The lowest BCUT2D eigenvalue weighted by Gasteiger charge is -2.34. The number of imidazole rings is 1. The first kappa shape index (κ1) is 21.8. The molecule has 0 aromatic carbocycles. The largest absolute Gasteiger partial charge is 0.383 e. The molecule has 1 aliphatic carbocycles. The SMILES string of the molecule is COCCn1c(CN2CCCC(CN3CCCC3=O)C2)cnc1S(=O)(=O)CC1CC1. The second kappa shape index (κ2) is 9.36. The number of rotatable bonds is 10. The van der Waals surface area contributed by atoms with Crippen molar-refractivity contribution in [3.63, 3.8) is 0 Å². The zero-order valence-corrected chi connectivity index (χ0v) is 18.8. The second-order valence-electron chi connectivity index (χ2n) is 9.09. The second-order valence-corrected chi connectivity index (χ2v) is 11.0. The van der Waals surface area contributed by atoms with E-state index < -0.39 is 9.84 Å². The van der Waals surface area contributed by atoms with Crippen LogP contribution in [0.2, 0.25) is 0 Å². The predicted octanol–water partition coefficient (Wildman–Crippen LogP) is 1.55. The molecule has 0 N–H and O–H groups in total. The van der Waals surface area contributed by atoms with E-state index in [0.717, 1.165) is 64.0 Å². The fraction of sp³-hybridized carbons (Fsp3) is 0.810. The molecule has 0 spiro atoms. The number of methoxy groups -OCH3 is 1. The Labute approximate surface area is 179 Å². The number of nitrogens with zero attached hydrogens (tertiary/aromatic N) is 4. The summed E-state index contributed by atoms with van der Waals surface area (Å²) in [5.41, 5.74) is 0.930. The van der Waals surface area contributed by atoms with Gasteiger partial charge in [0.1, 0.15) is 0 Å². The molecular formula is C21H34N4O4S. The van der Waals surface area contributed by atoms with E-state index in [4.69, 9.17) is 4.74 Å². The average molecular weight is 439 g/mol. The number of piperidine rings is 1. The summed E-state index contributed by atoms with van der Waals surface area (Å²) >= 11 is 0. The third kappa shape index (κ3) is 5.23. The van der Waals surface area contributed by atoms with E-state index in [-0.39, 0.29) is 16.8 Å². The van der Waals surface area contributed by atoms with Crippen molar-refractivity contribution in [1.82, 2.24) is 19.4 Å². The molecule has 1 atom stereocenters. The van der Waals surface area contributed by atoms with E-state index in [0.29, 0.717) is 38.0 Å². The van der Waals surface area contributed by atoms with Crippen LogP contribution in [0.15, 0.2) is 11.4 Å². The van der Waals surface area contributed by atoms with Gasteiger partial charge in [0.05, 0.1) is 24.3 Å². The van der Waals surface area contributed by atoms with Crippen LogP contribution in [0, 0.1) is 11.8 Å². The maximum atomic E-state index is 12.9. The quantitative estimate of drug-likeness (QED) is 0.551. The average Bonchev–Trinajstić information content (AvgIpc) is 3.27. The number of carbonyl (C=O) groups is 1. The van der Waals surface area contributed by atoms with E-state index in [1.165, 1.54) is 0 Å². The van der Waals surface area contributed by atoms with Crippen molar-refractivity contribution in [3.05, 3.63) is 11.9 Å². The van der Waals surface area contributed by atoms with Crippen LogP contribution < -0.4 is 0 Å². The van der Waals surface area contributed by atoms with Crippen molar-refractivity contribution in [1.29, 1.82) is 0 Å². The Morgan fingerprint density at radius 3 is 2.70 bits per heavy atom. The topological polar surface area (TPSA) is 84.7 Å². The number of likely N-dealkylation sites (tertiary alicyclic amines) is 2. The summed E-state index contributed by atoms with van der Waals surface area (Å²) in [6.45, 7) is 5.29. The molecule has 3 fully saturated rings. The van der Waals surface area contributed by atoms with Crippen molar-refractivity contribution in [2.75, 3.05) is 45.6 Å². The molecule has 9 heteroatoms. The minimum Gasteiger partial charge on any atom is -0.383 e. The number of hydrogen-bond acceptors (Lipinski definition) is 6. The third-order valence-electron chi connectivity index (χ3n) is 6.49. The van der Waals surface area contributed by atoms with E-state index >= 15 is 0 Å². The smallest absolute Gasteiger partial charge is 0.227 e. The normalized spacial score (nSPS) is 23.4. The highest BCUT2D eigenvalue weighted by molar-refractivity contribution is 7.91. The van der Waals surface area contributed by atoms with Crippen LogP contribution in [0.25, 0.3) is 0 Å². The van der Waals surface area contributed by atoms with Crippen molar-refractivity contribution >= 4 is 15.7 Å². The van der Waals surface area contributed by atoms with Crippen molar-refractivity contribution in [3.8, 4) is 0 Å². The molecule has 3 aliphatic rings. The monoisotopic (exact) mass is 438 g/mol. The summed E-state index contributed by atoms with van der Waals surface area (Å²) in [6, 6.07) is 0. The van der Waals surface area contributed by atoms with Gasteiger partial charge in [-0.05, 0) is 50.5 Å². The molecule has 1 unspecified atom stereocenters. The highest BCUT2D eigenvalue weighted by Crippen LogP contribution is 2.32. The van der Waals surface area contributed by atoms with E-state index in [1.807, 2.05) is 9.47 Å². The van der Waals surface area contributed by atoms with Gasteiger partial charge in [-0.3, -0.25) is 9.69 Å². The van der Waals surface area contributed by atoms with Gasteiger partial charge >= 0.3 is 0 Å². The molecule has 1 aromatic heterocycles. The maximum absolute atomic E-state index is 12.9. The molecule has 168 valence electrons. The number of ether oxygens (including phenoxy) is 1. The first-order valence-corrected chi connectivity index (χ1v) is 12.9. The minimum absolute atomic E-state index is 0.192. The van der Waals surface area contributed by atoms with Crippen molar-refractivity contribution < 1.29 is 17.9 Å². The van der Waals surface area contributed by atoms with Gasteiger partial charge in [0, 0.05) is 46.3 Å². The molecule has 0 bridgehead atoms. The van der Waals surface area contributed by atoms with Gasteiger partial charge in [-0.25, -0.2) is 13.4 Å². The Morgan fingerprint density at radius 2 is 2.00 bits per heavy atom. The first-order valence-electron chi connectivity index (χ1n) is 11.2. The highest BCUT2D eigenvalue weighted by atomic mass is 32.2. The lowest BCUT2D eigenvalue weighted by molar-refractivity contribution is -0.128. The number of hydrogen-bond donors (Lipinski definition) is 0. The zero-order valence-electron chi connectivity index (χ0n) is 18.0. The molecule has 30 heavy (non-hydrogen) atoms. The lowest BCUT2D eigenvalue weighted by Crippen LogP contribution is -2.41. The molecule has 1 aromatic rings. The van der Waals surface area contributed by atoms with Gasteiger partial charge < -0.3 is 14.2 Å². The van der Waals surface area contributed by atoms with Crippen LogP contribution in [0.4, 0.5) is 0 Å². The van der Waals surface area contributed by atoms with Crippen LogP contribution in [0.3, 0.4) is 0 Å². The van der Waals surface area contributed by atoms with Gasteiger partial charge in [-0.1, -0.05) is 0 Å². The molecule has 1 saturated carbocycles. The number of sulfone groups is 1. The molecule has 1 amide bonds. The van der Waals surface area contributed by atoms with Crippen molar-refractivity contribution in [2.45, 2.75) is 56.8 Å². The molecule has 2 saturated heterocycles. The van der Waals surface area contributed by atoms with Crippen molar-refractivity contribution in [2.24, 2.45) is 11.8 Å². The van der Waals surface area contributed by atoms with Crippen LogP contribution in [-0.4, -0.2) is 79.3 Å². The Kier molecular flexibility index (Phi) is 6.79. The zero-order chi connectivity index (χ0) is 21.1. The molecule has 3 heterocycles. The summed E-state index contributed by atoms with van der Waals surface area (Å²) in [5, 5.41) is 0.192. The number of aromatic nitrogens is 2. The van der Waals surface area contributed by atoms with Gasteiger partial charge in [0.25, 0.3) is 0 Å². The summed E-state index contributed by atoms with van der Waals surface area (Å²) in [6.07, 6.45) is 7.64. The highest BCUT2D eigenvalue weighted by Gasteiger charge is 2.33. The number of carbonyl (C=O) groups excluding carboxylic acids is 1. The molecule has 8 nitrogen and oxygen atoms in total. The Hall–Kier alpha value is -1.45. The lowest BCUT2D eigenvalue weighted by atomic mass is 9.97. The van der Waals surface area contributed by atoms with Crippen LogP contribution >= 0.6 is 0 Å². The summed E-state index contributed by atoms with van der Waals surface area (Å²) < 4.78 is 32.8. The number of amides is 1. The fourth-order valence-electron chi connectivity index (χ4n) is 4.74. The Morgan fingerprint density at radius 1 is 1.17 bits per heavy atom.